The van der Waals surface area contributed by atoms with E-state index in [0.717, 1.165) is 6.54 Å². The monoisotopic (exact) mass is 216 g/mol. The fourth-order valence-electron chi connectivity index (χ4n) is 2.22. The van der Waals surface area contributed by atoms with E-state index in [0.29, 0.717) is 6.04 Å². The fourth-order valence-corrected chi connectivity index (χ4v) is 2.22. The average molecular weight is 216 g/mol. The van der Waals surface area contributed by atoms with Gasteiger partial charge in [0.2, 0.25) is 0 Å². The van der Waals surface area contributed by atoms with Gasteiger partial charge in [0.15, 0.2) is 0 Å². The zero-order valence-electron chi connectivity index (χ0n) is 10.3. The molecule has 1 atom stereocenters. The second-order valence-electron chi connectivity index (χ2n) is 4.30. The Morgan fingerprint density at radius 2 is 2.12 bits per heavy atom. The minimum absolute atomic E-state index is 0.397. The second-order valence-corrected chi connectivity index (χ2v) is 4.30. The summed E-state index contributed by atoms with van der Waals surface area (Å²) >= 11 is 0. The lowest BCUT2D eigenvalue weighted by molar-refractivity contribution is 0.645. The van der Waals surface area contributed by atoms with Gasteiger partial charge in [-0.1, -0.05) is 25.1 Å². The second kappa shape index (κ2) is 4.71. The molecular formula is C14H20N2. The molecule has 2 heteroatoms. The van der Waals surface area contributed by atoms with Crippen LogP contribution in [0.2, 0.25) is 0 Å². The molecule has 0 amide bonds. The molecule has 0 fully saturated rings. The number of para-hydroxylation sites is 1. The summed E-state index contributed by atoms with van der Waals surface area (Å²) in [5, 5.41) is 4.66. The van der Waals surface area contributed by atoms with Gasteiger partial charge in [0, 0.05) is 18.8 Å². The van der Waals surface area contributed by atoms with Gasteiger partial charge in [0.25, 0.3) is 0 Å². The molecule has 0 saturated heterocycles. The van der Waals surface area contributed by atoms with E-state index in [1.54, 1.807) is 0 Å². The van der Waals surface area contributed by atoms with E-state index >= 15 is 0 Å². The maximum absolute atomic E-state index is 3.32. The number of fused-ring (bicyclic) bond motifs is 1. The molecule has 2 aromatic rings. The third kappa shape index (κ3) is 1.85. The van der Waals surface area contributed by atoms with E-state index in [1.807, 2.05) is 7.05 Å². The molecule has 0 spiro atoms. The highest BCUT2D eigenvalue weighted by molar-refractivity contribution is 5.83. The van der Waals surface area contributed by atoms with Crippen molar-refractivity contribution in [3.63, 3.8) is 0 Å². The van der Waals surface area contributed by atoms with Crippen LogP contribution in [0.25, 0.3) is 10.9 Å². The molecule has 86 valence electrons. The van der Waals surface area contributed by atoms with E-state index in [2.05, 4.69) is 54.2 Å². The topological polar surface area (TPSA) is 17.0 Å². The number of nitrogens with one attached hydrogen (secondary N) is 1. The van der Waals surface area contributed by atoms with E-state index in [-0.39, 0.29) is 0 Å². The van der Waals surface area contributed by atoms with Gasteiger partial charge in [0.05, 0.1) is 5.52 Å². The van der Waals surface area contributed by atoms with Gasteiger partial charge in [-0.15, -0.1) is 0 Å². The molecule has 0 aliphatic rings. The van der Waals surface area contributed by atoms with E-state index in [1.165, 1.54) is 22.9 Å². The van der Waals surface area contributed by atoms with Crippen LogP contribution >= 0.6 is 0 Å². The van der Waals surface area contributed by atoms with Crippen LogP contribution < -0.4 is 5.32 Å². The Labute approximate surface area is 97.3 Å². The Balaban J connectivity index is 2.58. The van der Waals surface area contributed by atoms with Crippen molar-refractivity contribution < 1.29 is 0 Å². The van der Waals surface area contributed by atoms with Crippen molar-refractivity contribution in [3.8, 4) is 0 Å². The summed E-state index contributed by atoms with van der Waals surface area (Å²) in [4.78, 5) is 0. The molecule has 0 bridgehead atoms. The standard InChI is InChI=1S/C14H20N2/c1-4-9-16-10-8-12-6-5-7-13(14(12)16)11(2)15-3/h5-8,10-11,15H,4,9H2,1-3H3. The predicted octanol–water partition coefficient (Wildman–Crippen LogP) is 3.33. The van der Waals surface area contributed by atoms with Crippen molar-refractivity contribution in [2.75, 3.05) is 7.05 Å². The highest BCUT2D eigenvalue weighted by Gasteiger charge is 2.10. The molecule has 1 aromatic carbocycles. The van der Waals surface area contributed by atoms with Crippen molar-refractivity contribution in [2.24, 2.45) is 0 Å². The molecule has 16 heavy (non-hydrogen) atoms. The lowest BCUT2D eigenvalue weighted by Crippen LogP contribution is -2.13. The van der Waals surface area contributed by atoms with Crippen molar-refractivity contribution in [3.05, 3.63) is 36.0 Å². The molecule has 0 aliphatic carbocycles. The van der Waals surface area contributed by atoms with Gasteiger partial charge < -0.3 is 9.88 Å². The first kappa shape index (κ1) is 11.2. The Kier molecular flexibility index (Phi) is 3.30. The zero-order valence-corrected chi connectivity index (χ0v) is 10.3. The van der Waals surface area contributed by atoms with Crippen LogP contribution in [0, 0.1) is 0 Å². The molecule has 0 radical (unpaired) electrons. The Bertz CT molecular complexity index is 471. The average Bonchev–Trinajstić information content (AvgIpc) is 2.72. The zero-order chi connectivity index (χ0) is 11.5. The lowest BCUT2D eigenvalue weighted by atomic mass is 10.1. The molecule has 2 rings (SSSR count). The third-order valence-corrected chi connectivity index (χ3v) is 3.18. The number of rotatable bonds is 4. The van der Waals surface area contributed by atoms with Crippen LogP contribution in [0.15, 0.2) is 30.5 Å². The molecule has 2 nitrogen and oxygen atoms in total. The Morgan fingerprint density at radius 3 is 2.81 bits per heavy atom. The summed E-state index contributed by atoms with van der Waals surface area (Å²) in [6.45, 7) is 5.52. The molecule has 1 aromatic heterocycles. The first-order chi connectivity index (χ1) is 7.77. The van der Waals surface area contributed by atoms with Crippen molar-refractivity contribution >= 4 is 10.9 Å². The number of aryl methyl sites for hydroxylation is 1. The quantitative estimate of drug-likeness (QED) is 0.829. The third-order valence-electron chi connectivity index (χ3n) is 3.18. The molecule has 1 N–H and O–H groups in total. The van der Waals surface area contributed by atoms with Gasteiger partial charge in [-0.25, -0.2) is 0 Å². The van der Waals surface area contributed by atoms with E-state index < -0.39 is 0 Å². The fraction of sp³-hybridized carbons (Fsp3) is 0.429. The normalized spacial score (nSPS) is 13.2. The first-order valence-corrected chi connectivity index (χ1v) is 6.03. The molecule has 1 unspecified atom stereocenters. The summed E-state index contributed by atoms with van der Waals surface area (Å²) < 4.78 is 2.36. The van der Waals surface area contributed by atoms with Gasteiger partial charge in [-0.3, -0.25) is 0 Å². The van der Waals surface area contributed by atoms with Crippen molar-refractivity contribution in [1.82, 2.24) is 9.88 Å². The van der Waals surface area contributed by atoms with Crippen molar-refractivity contribution in [1.29, 1.82) is 0 Å². The SMILES string of the molecule is CCCn1ccc2cccc(C(C)NC)c21. The van der Waals surface area contributed by atoms with Crippen LogP contribution in [-0.4, -0.2) is 11.6 Å². The summed E-state index contributed by atoms with van der Waals surface area (Å²) in [5.74, 6) is 0. The number of hydrogen-bond acceptors (Lipinski definition) is 1. The maximum Gasteiger partial charge on any atom is 0.0528 e. The largest absolute Gasteiger partial charge is 0.347 e. The number of nitrogens with zero attached hydrogens (tertiary/aromatic N) is 1. The Hall–Kier alpha value is -1.28. The van der Waals surface area contributed by atoms with Crippen LogP contribution in [0.5, 0.6) is 0 Å². The lowest BCUT2D eigenvalue weighted by Gasteiger charge is -2.14. The van der Waals surface area contributed by atoms with Gasteiger partial charge in [-0.05, 0) is 37.4 Å². The smallest absolute Gasteiger partial charge is 0.0528 e. The minimum atomic E-state index is 0.397. The summed E-state index contributed by atoms with van der Waals surface area (Å²) in [6.07, 6.45) is 3.37. The van der Waals surface area contributed by atoms with Crippen LogP contribution in [0.1, 0.15) is 31.9 Å². The summed E-state index contributed by atoms with van der Waals surface area (Å²) in [5.41, 5.74) is 2.77. The van der Waals surface area contributed by atoms with E-state index in [4.69, 9.17) is 0 Å². The highest BCUT2D eigenvalue weighted by atomic mass is 15.0. The summed E-state index contributed by atoms with van der Waals surface area (Å²) in [7, 11) is 2.01. The highest BCUT2D eigenvalue weighted by Crippen LogP contribution is 2.25. The van der Waals surface area contributed by atoms with Crippen LogP contribution in [0.3, 0.4) is 0 Å². The van der Waals surface area contributed by atoms with E-state index in [9.17, 15) is 0 Å². The van der Waals surface area contributed by atoms with Crippen LogP contribution in [0.4, 0.5) is 0 Å². The predicted molar refractivity (Wildman–Crippen MR) is 69.7 cm³/mol. The number of benzene rings is 1. The van der Waals surface area contributed by atoms with Gasteiger partial charge in [0.1, 0.15) is 0 Å². The Morgan fingerprint density at radius 1 is 1.31 bits per heavy atom. The number of aromatic nitrogens is 1. The number of hydrogen-bond donors (Lipinski definition) is 1. The maximum atomic E-state index is 3.32. The van der Waals surface area contributed by atoms with Crippen molar-refractivity contribution in [2.45, 2.75) is 32.9 Å². The molecule has 0 saturated carbocycles. The van der Waals surface area contributed by atoms with Gasteiger partial charge >= 0.3 is 0 Å². The molecule has 0 aliphatic heterocycles. The first-order valence-electron chi connectivity index (χ1n) is 6.03. The van der Waals surface area contributed by atoms with Gasteiger partial charge in [-0.2, -0.15) is 0 Å². The summed E-state index contributed by atoms with van der Waals surface area (Å²) in [6, 6.07) is 9.15. The molecule has 1 heterocycles. The van der Waals surface area contributed by atoms with Crippen LogP contribution in [-0.2, 0) is 6.54 Å². The molecular weight excluding hydrogens is 196 g/mol. The minimum Gasteiger partial charge on any atom is -0.347 e.